The van der Waals surface area contributed by atoms with Gasteiger partial charge in [-0.15, -0.1) is 5.10 Å². The van der Waals surface area contributed by atoms with Gasteiger partial charge in [-0.05, 0) is 24.0 Å². The second kappa shape index (κ2) is 9.47. The molecule has 3 N–H and O–H groups in total. The molecule has 1 atom stereocenters. The average molecular weight is 445 g/mol. The van der Waals surface area contributed by atoms with Crippen LogP contribution in [0.2, 0.25) is 5.02 Å². The molecule has 31 heavy (non-hydrogen) atoms. The Morgan fingerprint density at radius 2 is 2.00 bits per heavy atom. The number of nitrogens with one attached hydrogen (secondary N) is 3. The SMILES string of the molecule is O=C(C[C@H]1NC(=O)N(Cc2ccccc2Cl)C1=O)Nc1n[nH]c(CCC2CCCC2)n1. The third kappa shape index (κ3) is 5.22. The largest absolute Gasteiger partial charge is 0.325 e. The number of halogens is 1. The molecule has 2 heterocycles. The summed E-state index contributed by atoms with van der Waals surface area (Å²) in [5.41, 5.74) is 0.656. The fourth-order valence-electron chi connectivity index (χ4n) is 4.13. The van der Waals surface area contributed by atoms with Gasteiger partial charge in [0.05, 0.1) is 13.0 Å². The topological polar surface area (TPSA) is 120 Å². The Morgan fingerprint density at radius 1 is 1.23 bits per heavy atom. The first-order valence-electron chi connectivity index (χ1n) is 10.6. The zero-order valence-corrected chi connectivity index (χ0v) is 17.8. The predicted octanol–water partition coefficient (Wildman–Crippen LogP) is 3.03. The van der Waals surface area contributed by atoms with Gasteiger partial charge in [-0.25, -0.2) is 4.79 Å². The third-order valence-corrected chi connectivity index (χ3v) is 6.20. The number of carbonyl (C=O) groups is 3. The first-order chi connectivity index (χ1) is 15.0. The van der Waals surface area contributed by atoms with Crippen LogP contribution in [0.3, 0.4) is 0 Å². The number of aryl methyl sites for hydroxylation is 1. The van der Waals surface area contributed by atoms with Crippen molar-refractivity contribution in [1.82, 2.24) is 25.4 Å². The van der Waals surface area contributed by atoms with Crippen molar-refractivity contribution in [2.75, 3.05) is 5.32 Å². The Hall–Kier alpha value is -2.94. The van der Waals surface area contributed by atoms with Gasteiger partial charge < -0.3 is 5.32 Å². The minimum absolute atomic E-state index is 0.0493. The van der Waals surface area contributed by atoms with Crippen LogP contribution in [0.5, 0.6) is 0 Å². The van der Waals surface area contributed by atoms with Crippen molar-refractivity contribution in [2.24, 2.45) is 5.92 Å². The number of benzene rings is 1. The lowest BCUT2D eigenvalue weighted by atomic mass is 10.0. The number of rotatable bonds is 8. The number of carbonyl (C=O) groups excluding carboxylic acids is 3. The molecular formula is C21H25ClN6O3. The molecule has 1 aliphatic carbocycles. The fourth-order valence-corrected chi connectivity index (χ4v) is 4.32. The molecule has 4 rings (SSSR count). The number of nitrogens with zero attached hydrogens (tertiary/aromatic N) is 3. The van der Waals surface area contributed by atoms with Crippen LogP contribution < -0.4 is 10.6 Å². The molecule has 0 bridgehead atoms. The van der Waals surface area contributed by atoms with Gasteiger partial charge in [0.15, 0.2) is 0 Å². The molecule has 2 aliphatic rings. The van der Waals surface area contributed by atoms with Gasteiger partial charge >= 0.3 is 6.03 Å². The standard InChI is InChI=1S/C21H25ClN6O3/c22-15-8-4-3-7-14(15)12-28-19(30)16(23-21(28)31)11-18(29)25-20-24-17(26-27-20)10-9-13-5-1-2-6-13/h3-4,7-8,13,16H,1-2,5-6,9-12H2,(H,23,31)(H2,24,25,26,27,29)/t16-/m1/s1. The molecule has 4 amide bonds. The van der Waals surface area contributed by atoms with E-state index in [4.69, 9.17) is 11.6 Å². The highest BCUT2D eigenvalue weighted by Gasteiger charge is 2.39. The highest BCUT2D eigenvalue weighted by molar-refractivity contribution is 6.31. The third-order valence-electron chi connectivity index (χ3n) is 5.83. The van der Waals surface area contributed by atoms with E-state index in [1.54, 1.807) is 24.3 Å². The molecule has 10 heteroatoms. The van der Waals surface area contributed by atoms with Crippen molar-refractivity contribution in [1.29, 1.82) is 0 Å². The van der Waals surface area contributed by atoms with Gasteiger partial charge in [0.25, 0.3) is 5.91 Å². The molecule has 2 fully saturated rings. The van der Waals surface area contributed by atoms with E-state index in [0.717, 1.165) is 29.5 Å². The van der Waals surface area contributed by atoms with Crippen LogP contribution in [0, 0.1) is 5.92 Å². The van der Waals surface area contributed by atoms with Crippen molar-refractivity contribution in [2.45, 2.75) is 57.5 Å². The minimum Gasteiger partial charge on any atom is -0.325 e. The first-order valence-corrected chi connectivity index (χ1v) is 10.9. The minimum atomic E-state index is -0.934. The summed E-state index contributed by atoms with van der Waals surface area (Å²) in [6.07, 6.45) is 6.80. The highest BCUT2D eigenvalue weighted by Crippen LogP contribution is 2.28. The zero-order chi connectivity index (χ0) is 21.8. The summed E-state index contributed by atoms with van der Waals surface area (Å²) >= 11 is 6.12. The van der Waals surface area contributed by atoms with Crippen LogP contribution in [-0.2, 0) is 22.6 Å². The van der Waals surface area contributed by atoms with Gasteiger partial charge in [0.2, 0.25) is 11.9 Å². The Labute approximate surface area is 184 Å². The van der Waals surface area contributed by atoms with Gasteiger partial charge in [-0.1, -0.05) is 55.5 Å². The summed E-state index contributed by atoms with van der Waals surface area (Å²) in [7, 11) is 0. The quantitative estimate of drug-likeness (QED) is 0.540. The lowest BCUT2D eigenvalue weighted by Crippen LogP contribution is -2.34. The number of urea groups is 1. The Kier molecular flexibility index (Phi) is 6.50. The molecule has 0 radical (unpaired) electrons. The maximum absolute atomic E-state index is 12.6. The van der Waals surface area contributed by atoms with Crippen molar-refractivity contribution in [3.05, 3.63) is 40.7 Å². The summed E-state index contributed by atoms with van der Waals surface area (Å²) in [4.78, 5) is 42.6. The summed E-state index contributed by atoms with van der Waals surface area (Å²) in [6, 6.07) is 5.51. The second-order valence-corrected chi connectivity index (χ2v) is 8.47. The van der Waals surface area contributed by atoms with E-state index >= 15 is 0 Å². The number of aromatic nitrogens is 3. The molecule has 0 unspecified atom stereocenters. The number of imide groups is 1. The fraction of sp³-hybridized carbons (Fsp3) is 0.476. The lowest BCUT2D eigenvalue weighted by molar-refractivity contribution is -0.130. The number of anilines is 1. The van der Waals surface area contributed by atoms with Crippen molar-refractivity contribution >= 4 is 35.4 Å². The Bertz CT molecular complexity index is 972. The van der Waals surface area contributed by atoms with Crippen molar-refractivity contribution in [3.63, 3.8) is 0 Å². The van der Waals surface area contributed by atoms with Crippen LogP contribution in [0.4, 0.5) is 10.7 Å². The first kappa shape index (κ1) is 21.3. The van der Waals surface area contributed by atoms with Crippen LogP contribution in [0.25, 0.3) is 0 Å². The second-order valence-electron chi connectivity index (χ2n) is 8.07. The molecule has 0 spiro atoms. The molecule has 1 saturated heterocycles. The van der Waals surface area contributed by atoms with Crippen LogP contribution in [-0.4, -0.2) is 44.0 Å². The van der Waals surface area contributed by atoms with Crippen molar-refractivity contribution in [3.8, 4) is 0 Å². The zero-order valence-electron chi connectivity index (χ0n) is 17.1. The Balaban J connectivity index is 1.28. The average Bonchev–Trinajstić information content (AvgIpc) is 3.47. The lowest BCUT2D eigenvalue weighted by Gasteiger charge is -2.14. The summed E-state index contributed by atoms with van der Waals surface area (Å²) in [5.74, 6) is 0.746. The molecule has 1 aliphatic heterocycles. The molecule has 2 aromatic rings. The highest BCUT2D eigenvalue weighted by atomic mass is 35.5. The monoisotopic (exact) mass is 444 g/mol. The van der Waals surface area contributed by atoms with E-state index < -0.39 is 23.9 Å². The van der Waals surface area contributed by atoms with Crippen LogP contribution in [0.1, 0.15) is 49.9 Å². The van der Waals surface area contributed by atoms with Crippen LogP contribution in [0.15, 0.2) is 24.3 Å². The number of amides is 4. The molecule has 1 aromatic heterocycles. The predicted molar refractivity (Wildman–Crippen MR) is 114 cm³/mol. The summed E-state index contributed by atoms with van der Waals surface area (Å²) < 4.78 is 0. The smallest absolute Gasteiger partial charge is 0.325 e. The van der Waals surface area contributed by atoms with E-state index in [2.05, 4.69) is 25.8 Å². The van der Waals surface area contributed by atoms with Gasteiger partial charge in [0.1, 0.15) is 11.9 Å². The van der Waals surface area contributed by atoms with Gasteiger partial charge in [0, 0.05) is 11.4 Å². The maximum atomic E-state index is 12.6. The van der Waals surface area contributed by atoms with E-state index in [1.165, 1.54) is 25.7 Å². The molecule has 9 nitrogen and oxygen atoms in total. The number of hydrogen-bond donors (Lipinski definition) is 3. The van der Waals surface area contributed by atoms with E-state index in [1.807, 2.05) is 0 Å². The maximum Gasteiger partial charge on any atom is 0.325 e. The molecular weight excluding hydrogens is 420 g/mol. The van der Waals surface area contributed by atoms with E-state index in [-0.39, 0.29) is 18.9 Å². The summed E-state index contributed by atoms with van der Waals surface area (Å²) in [6.45, 7) is 0.0493. The number of hydrogen-bond acceptors (Lipinski definition) is 5. The number of H-pyrrole nitrogens is 1. The molecule has 164 valence electrons. The van der Waals surface area contributed by atoms with Crippen LogP contribution >= 0.6 is 11.6 Å². The molecule has 1 aromatic carbocycles. The van der Waals surface area contributed by atoms with E-state index in [0.29, 0.717) is 10.6 Å². The van der Waals surface area contributed by atoms with Gasteiger partial charge in [-0.2, -0.15) is 4.98 Å². The normalized spacial score (nSPS) is 19.1. The Morgan fingerprint density at radius 3 is 2.77 bits per heavy atom. The molecule has 1 saturated carbocycles. The summed E-state index contributed by atoms with van der Waals surface area (Å²) in [5, 5.41) is 12.5. The van der Waals surface area contributed by atoms with E-state index in [9.17, 15) is 14.4 Å². The van der Waals surface area contributed by atoms with Gasteiger partial charge in [-0.3, -0.25) is 24.9 Å². The van der Waals surface area contributed by atoms with Crippen molar-refractivity contribution < 1.29 is 14.4 Å². The number of aromatic amines is 1.